The summed E-state index contributed by atoms with van der Waals surface area (Å²) < 4.78 is 32.3. The van der Waals surface area contributed by atoms with Gasteiger partial charge in [-0.1, -0.05) is 12.1 Å². The number of amides is 1. The van der Waals surface area contributed by atoms with Gasteiger partial charge in [-0.15, -0.1) is 0 Å². The molecule has 0 atom stereocenters. The second-order valence-electron chi connectivity index (χ2n) is 6.24. The Morgan fingerprint density at radius 2 is 2.04 bits per heavy atom. The molecule has 28 heavy (non-hydrogen) atoms. The summed E-state index contributed by atoms with van der Waals surface area (Å²) in [4.78, 5) is 17.9. The maximum Gasteiger partial charge on any atom is 0.265 e. The van der Waals surface area contributed by atoms with Crippen LogP contribution in [0.5, 0.6) is 5.75 Å². The van der Waals surface area contributed by atoms with Gasteiger partial charge in [0.15, 0.2) is 12.6 Å². The smallest absolute Gasteiger partial charge is 0.265 e. The van der Waals surface area contributed by atoms with Crippen LogP contribution in [0.1, 0.15) is 12.0 Å². The minimum absolute atomic E-state index is 0.0346. The van der Waals surface area contributed by atoms with E-state index in [0.29, 0.717) is 31.2 Å². The lowest BCUT2D eigenvalue weighted by atomic mass is 10.2. The average molecular weight is 388 g/mol. The van der Waals surface area contributed by atoms with Crippen molar-refractivity contribution in [3.05, 3.63) is 59.7 Å². The van der Waals surface area contributed by atoms with Crippen LogP contribution in [0.15, 0.2) is 47.5 Å². The second kappa shape index (κ2) is 9.16. The van der Waals surface area contributed by atoms with Crippen LogP contribution in [0, 0.1) is 11.6 Å². The lowest BCUT2D eigenvalue weighted by Crippen LogP contribution is -2.42. The molecule has 0 radical (unpaired) electrons. The van der Waals surface area contributed by atoms with Gasteiger partial charge in [0.25, 0.3) is 5.91 Å². The number of carbonyl (C=O) groups excluding carboxylic acids is 1. The molecule has 148 valence electrons. The number of rotatable bonds is 6. The predicted molar refractivity (Wildman–Crippen MR) is 103 cm³/mol. The van der Waals surface area contributed by atoms with E-state index in [1.54, 1.807) is 11.9 Å². The van der Waals surface area contributed by atoms with Gasteiger partial charge >= 0.3 is 0 Å². The van der Waals surface area contributed by atoms with Gasteiger partial charge in [-0.2, -0.15) is 0 Å². The van der Waals surface area contributed by atoms with Gasteiger partial charge in [0, 0.05) is 32.2 Å². The fourth-order valence-electron chi connectivity index (χ4n) is 2.92. The predicted octanol–water partition coefficient (Wildman–Crippen LogP) is 2.45. The van der Waals surface area contributed by atoms with E-state index in [-0.39, 0.29) is 24.6 Å². The first-order chi connectivity index (χ1) is 13.6. The molecule has 2 aromatic rings. The summed E-state index contributed by atoms with van der Waals surface area (Å²) in [6.45, 7) is 1.23. The normalized spacial score (nSPS) is 13.8. The summed E-state index contributed by atoms with van der Waals surface area (Å²) in [7, 11) is 1.60. The third-order valence-electron chi connectivity index (χ3n) is 4.34. The quantitative estimate of drug-likeness (QED) is 0.453. The van der Waals surface area contributed by atoms with Crippen LogP contribution >= 0.6 is 0 Å². The van der Waals surface area contributed by atoms with E-state index in [9.17, 15) is 13.6 Å². The van der Waals surface area contributed by atoms with Gasteiger partial charge in [0.05, 0.1) is 5.69 Å². The zero-order valence-corrected chi connectivity index (χ0v) is 15.5. The molecule has 0 bridgehead atoms. The maximum absolute atomic E-state index is 13.7. The van der Waals surface area contributed by atoms with E-state index in [1.807, 2.05) is 24.3 Å². The number of fused-ring (bicyclic) bond motifs is 1. The van der Waals surface area contributed by atoms with Crippen molar-refractivity contribution in [3.8, 4) is 5.75 Å². The minimum Gasteiger partial charge on any atom is -0.482 e. The second-order valence-corrected chi connectivity index (χ2v) is 6.24. The molecule has 8 heteroatoms. The van der Waals surface area contributed by atoms with Crippen molar-refractivity contribution < 1.29 is 18.3 Å². The van der Waals surface area contributed by atoms with Gasteiger partial charge in [-0.3, -0.25) is 9.79 Å². The molecule has 3 rings (SSSR count). The lowest BCUT2D eigenvalue weighted by Gasteiger charge is -2.29. The van der Waals surface area contributed by atoms with Gasteiger partial charge in [0.2, 0.25) is 0 Å². The Kier molecular flexibility index (Phi) is 6.41. The number of halogens is 2. The maximum atomic E-state index is 13.7. The van der Waals surface area contributed by atoms with Crippen LogP contribution in [0.4, 0.5) is 14.5 Å². The summed E-state index contributed by atoms with van der Waals surface area (Å²) in [5, 5.41) is 6.05. The number of nitrogens with zero attached hydrogens (tertiary/aromatic N) is 2. The molecule has 1 aliphatic heterocycles. The average Bonchev–Trinajstić information content (AvgIpc) is 2.71. The number of carbonyl (C=O) groups is 1. The SMILES string of the molecule is CN=C(NCCCN1C(=O)COc2ccccc21)NCc1cc(F)ccc1F. The first kappa shape index (κ1) is 19.6. The highest BCUT2D eigenvalue weighted by atomic mass is 19.1. The van der Waals surface area contributed by atoms with Gasteiger partial charge < -0.3 is 20.3 Å². The van der Waals surface area contributed by atoms with Crippen LogP contribution in [0.25, 0.3) is 0 Å². The number of nitrogens with one attached hydrogen (secondary N) is 2. The summed E-state index contributed by atoms with van der Waals surface area (Å²) in [6.07, 6.45) is 0.676. The summed E-state index contributed by atoms with van der Waals surface area (Å²) >= 11 is 0. The number of para-hydroxylation sites is 2. The van der Waals surface area contributed by atoms with Crippen molar-refractivity contribution in [1.82, 2.24) is 10.6 Å². The molecule has 2 N–H and O–H groups in total. The Morgan fingerprint density at radius 3 is 2.86 bits per heavy atom. The summed E-state index contributed by atoms with van der Waals surface area (Å²) in [6, 6.07) is 10.8. The van der Waals surface area contributed by atoms with Gasteiger partial charge in [-0.05, 0) is 36.8 Å². The molecule has 0 aliphatic carbocycles. The fraction of sp³-hybridized carbons (Fsp3) is 0.300. The first-order valence-corrected chi connectivity index (χ1v) is 8.99. The van der Waals surface area contributed by atoms with Crippen LogP contribution in [0.3, 0.4) is 0 Å². The van der Waals surface area contributed by atoms with Crippen molar-refractivity contribution in [2.45, 2.75) is 13.0 Å². The van der Waals surface area contributed by atoms with E-state index in [2.05, 4.69) is 15.6 Å². The number of aliphatic imine (C=N–C) groups is 1. The molecule has 1 heterocycles. The Labute approximate surface area is 162 Å². The molecule has 0 aromatic heterocycles. The molecular weight excluding hydrogens is 366 g/mol. The molecule has 0 fully saturated rings. The first-order valence-electron chi connectivity index (χ1n) is 8.99. The number of benzene rings is 2. The molecule has 2 aromatic carbocycles. The molecule has 0 saturated carbocycles. The molecule has 1 amide bonds. The Balaban J connectivity index is 1.47. The lowest BCUT2D eigenvalue weighted by molar-refractivity contribution is -0.121. The number of hydrogen-bond donors (Lipinski definition) is 2. The van der Waals surface area contributed by atoms with Crippen molar-refractivity contribution in [2.75, 3.05) is 31.6 Å². The third-order valence-corrected chi connectivity index (χ3v) is 4.34. The van der Waals surface area contributed by atoms with Crippen molar-refractivity contribution >= 4 is 17.6 Å². The topological polar surface area (TPSA) is 66.0 Å². The van der Waals surface area contributed by atoms with Crippen LogP contribution in [-0.4, -0.2) is 38.6 Å². The van der Waals surface area contributed by atoms with Crippen molar-refractivity contribution in [2.24, 2.45) is 4.99 Å². The number of anilines is 1. The Morgan fingerprint density at radius 1 is 1.21 bits per heavy atom. The largest absolute Gasteiger partial charge is 0.482 e. The highest BCUT2D eigenvalue weighted by molar-refractivity contribution is 5.97. The van der Waals surface area contributed by atoms with E-state index in [0.717, 1.165) is 23.9 Å². The Hall–Kier alpha value is -3.16. The van der Waals surface area contributed by atoms with Crippen molar-refractivity contribution in [1.29, 1.82) is 0 Å². The number of ether oxygens (including phenoxy) is 1. The highest BCUT2D eigenvalue weighted by Gasteiger charge is 2.24. The molecule has 6 nitrogen and oxygen atoms in total. The van der Waals surface area contributed by atoms with Crippen LogP contribution < -0.4 is 20.3 Å². The number of hydrogen-bond acceptors (Lipinski definition) is 3. The molecular formula is C20H22F2N4O2. The van der Waals surface area contributed by atoms with E-state index in [1.165, 1.54) is 0 Å². The molecule has 0 unspecified atom stereocenters. The molecule has 1 aliphatic rings. The zero-order valence-electron chi connectivity index (χ0n) is 15.5. The van der Waals surface area contributed by atoms with E-state index < -0.39 is 11.6 Å². The van der Waals surface area contributed by atoms with Crippen LogP contribution in [-0.2, 0) is 11.3 Å². The highest BCUT2D eigenvalue weighted by Crippen LogP contribution is 2.31. The Bertz CT molecular complexity index is 873. The molecule has 0 spiro atoms. The van der Waals surface area contributed by atoms with Gasteiger partial charge in [-0.25, -0.2) is 8.78 Å². The van der Waals surface area contributed by atoms with Crippen molar-refractivity contribution in [3.63, 3.8) is 0 Å². The minimum atomic E-state index is -0.489. The number of guanidine groups is 1. The summed E-state index contributed by atoms with van der Waals surface area (Å²) in [5.41, 5.74) is 0.987. The fourth-order valence-corrected chi connectivity index (χ4v) is 2.92. The third kappa shape index (κ3) is 4.76. The monoisotopic (exact) mass is 388 g/mol. The van der Waals surface area contributed by atoms with E-state index in [4.69, 9.17) is 4.74 Å². The van der Waals surface area contributed by atoms with Crippen LogP contribution in [0.2, 0.25) is 0 Å². The summed E-state index contributed by atoms with van der Waals surface area (Å²) in [5.74, 6) is 0.121. The zero-order chi connectivity index (χ0) is 19.9. The molecule has 0 saturated heterocycles. The standard InChI is InChI=1S/C20H22F2N4O2/c1-23-20(25-12-14-11-15(21)7-8-16(14)22)24-9-4-10-26-17-5-2-3-6-18(17)28-13-19(26)27/h2-3,5-8,11H,4,9-10,12-13H2,1H3,(H2,23,24,25). The van der Waals surface area contributed by atoms with Gasteiger partial charge in [0.1, 0.15) is 17.4 Å². The van der Waals surface area contributed by atoms with E-state index >= 15 is 0 Å².